The van der Waals surface area contributed by atoms with Gasteiger partial charge in [-0.25, -0.2) is 9.59 Å². The summed E-state index contributed by atoms with van der Waals surface area (Å²) in [5, 5.41) is 11.8. The Hall–Kier alpha value is -2.63. The van der Waals surface area contributed by atoms with Crippen molar-refractivity contribution in [2.24, 2.45) is 0 Å². The van der Waals surface area contributed by atoms with E-state index in [1.807, 2.05) is 6.92 Å². The molecule has 1 N–H and O–H groups in total. The smallest absolute Gasteiger partial charge is 0.382 e. The van der Waals surface area contributed by atoms with Gasteiger partial charge >= 0.3 is 11.9 Å². The second-order valence-electron chi connectivity index (χ2n) is 3.58. The van der Waals surface area contributed by atoms with Crippen molar-refractivity contribution in [3.05, 3.63) is 47.3 Å². The molecule has 0 radical (unpaired) electrons. The number of aromatic nitrogens is 1. The van der Waals surface area contributed by atoms with Gasteiger partial charge in [-0.1, -0.05) is 22.9 Å². The zero-order chi connectivity index (χ0) is 13.1. The van der Waals surface area contributed by atoms with Crippen LogP contribution in [0, 0.1) is 6.92 Å². The van der Waals surface area contributed by atoms with Crippen molar-refractivity contribution < 1.29 is 24.0 Å². The van der Waals surface area contributed by atoms with Gasteiger partial charge in [-0.2, -0.15) is 0 Å². The summed E-state index contributed by atoms with van der Waals surface area (Å²) in [5.74, 6) is -1.97. The van der Waals surface area contributed by atoms with Crippen LogP contribution in [0.25, 0.3) is 0 Å². The van der Waals surface area contributed by atoms with Crippen molar-refractivity contribution in [2.75, 3.05) is 0 Å². The van der Waals surface area contributed by atoms with Crippen LogP contribution in [0.1, 0.15) is 26.6 Å². The van der Waals surface area contributed by atoms with Crippen LogP contribution in [0.3, 0.4) is 0 Å². The minimum absolute atomic E-state index is 0.257. The molecule has 1 heterocycles. The van der Waals surface area contributed by atoms with E-state index in [0.717, 1.165) is 11.6 Å². The first-order chi connectivity index (χ1) is 8.56. The topological polar surface area (TPSA) is 89.6 Å². The number of esters is 1. The lowest BCUT2D eigenvalue weighted by Crippen LogP contribution is -2.07. The first-order valence-electron chi connectivity index (χ1n) is 5.05. The molecule has 2 rings (SSSR count). The number of rotatable bonds is 3. The Morgan fingerprint density at radius 1 is 1.28 bits per heavy atom. The standard InChI is InChI=1S/C12H9NO5/c1-7-2-4-8(5-3-7)17-12(16)10-6-9(11(14)15)13-18-10/h2-6H,1H3,(H,14,15). The summed E-state index contributed by atoms with van der Waals surface area (Å²) in [7, 11) is 0. The monoisotopic (exact) mass is 247 g/mol. The zero-order valence-corrected chi connectivity index (χ0v) is 9.41. The minimum atomic E-state index is -1.27. The SMILES string of the molecule is Cc1ccc(OC(=O)c2cc(C(=O)O)no2)cc1. The van der Waals surface area contributed by atoms with Gasteiger partial charge < -0.3 is 14.4 Å². The van der Waals surface area contributed by atoms with E-state index < -0.39 is 11.9 Å². The highest BCUT2D eigenvalue weighted by Gasteiger charge is 2.18. The second kappa shape index (κ2) is 4.70. The van der Waals surface area contributed by atoms with Crippen LogP contribution in [0.2, 0.25) is 0 Å². The van der Waals surface area contributed by atoms with Gasteiger partial charge in [0, 0.05) is 6.07 Å². The molecule has 0 atom stereocenters. The third-order valence-electron chi connectivity index (χ3n) is 2.16. The Morgan fingerprint density at radius 2 is 1.94 bits per heavy atom. The van der Waals surface area contributed by atoms with Crippen LogP contribution in [-0.4, -0.2) is 22.2 Å². The van der Waals surface area contributed by atoms with Crippen LogP contribution in [-0.2, 0) is 0 Å². The predicted octanol–water partition coefficient (Wildman–Crippen LogP) is 1.90. The number of nitrogens with zero attached hydrogens (tertiary/aromatic N) is 1. The molecular weight excluding hydrogens is 238 g/mol. The van der Waals surface area contributed by atoms with E-state index in [-0.39, 0.29) is 11.5 Å². The zero-order valence-electron chi connectivity index (χ0n) is 9.41. The number of carboxylic acid groups (broad SMARTS) is 1. The molecule has 6 nitrogen and oxygen atoms in total. The highest BCUT2D eigenvalue weighted by Crippen LogP contribution is 2.14. The lowest BCUT2D eigenvalue weighted by atomic mass is 10.2. The van der Waals surface area contributed by atoms with Crippen molar-refractivity contribution in [2.45, 2.75) is 6.92 Å². The Balaban J connectivity index is 2.11. The van der Waals surface area contributed by atoms with Crippen LogP contribution < -0.4 is 4.74 Å². The fourth-order valence-corrected chi connectivity index (χ4v) is 1.24. The van der Waals surface area contributed by atoms with Crippen molar-refractivity contribution >= 4 is 11.9 Å². The second-order valence-corrected chi connectivity index (χ2v) is 3.58. The van der Waals surface area contributed by atoms with Gasteiger partial charge in [0.25, 0.3) is 0 Å². The van der Waals surface area contributed by atoms with Crippen LogP contribution in [0.5, 0.6) is 5.75 Å². The molecule has 0 bridgehead atoms. The number of benzene rings is 1. The van der Waals surface area contributed by atoms with Crippen LogP contribution in [0.15, 0.2) is 34.9 Å². The van der Waals surface area contributed by atoms with Gasteiger partial charge in [-0.05, 0) is 19.1 Å². The summed E-state index contributed by atoms with van der Waals surface area (Å²) in [6.45, 7) is 1.90. The quantitative estimate of drug-likeness (QED) is 0.658. The fraction of sp³-hybridized carbons (Fsp3) is 0.0833. The third-order valence-corrected chi connectivity index (χ3v) is 2.16. The van der Waals surface area contributed by atoms with E-state index in [0.29, 0.717) is 5.75 Å². The van der Waals surface area contributed by atoms with E-state index in [4.69, 9.17) is 9.84 Å². The molecule has 0 saturated carbocycles. The maximum Gasteiger partial charge on any atom is 0.382 e. The summed E-state index contributed by atoms with van der Waals surface area (Å²) in [6.07, 6.45) is 0. The first-order valence-corrected chi connectivity index (χ1v) is 5.05. The summed E-state index contributed by atoms with van der Waals surface area (Å²) in [4.78, 5) is 22.1. The molecule has 0 aliphatic carbocycles. The van der Waals surface area contributed by atoms with E-state index in [9.17, 15) is 9.59 Å². The normalized spacial score (nSPS) is 10.1. The third kappa shape index (κ3) is 2.54. The number of carboxylic acids is 1. The lowest BCUT2D eigenvalue weighted by molar-refractivity contribution is 0.0668. The summed E-state index contributed by atoms with van der Waals surface area (Å²) in [6, 6.07) is 7.83. The number of ether oxygens (including phenoxy) is 1. The molecular formula is C12H9NO5. The Morgan fingerprint density at radius 3 is 2.50 bits per heavy atom. The number of carbonyl (C=O) groups is 2. The molecule has 0 unspecified atom stereocenters. The van der Waals surface area contributed by atoms with Gasteiger partial charge in [0.1, 0.15) is 5.75 Å². The number of aryl methyl sites for hydroxylation is 1. The van der Waals surface area contributed by atoms with E-state index in [1.54, 1.807) is 24.3 Å². The van der Waals surface area contributed by atoms with Crippen molar-refractivity contribution in [3.8, 4) is 5.75 Å². The van der Waals surface area contributed by atoms with E-state index in [1.165, 1.54) is 0 Å². The van der Waals surface area contributed by atoms with Gasteiger partial charge in [0.2, 0.25) is 5.76 Å². The molecule has 2 aromatic rings. The summed E-state index contributed by atoms with van der Waals surface area (Å²) in [5.41, 5.74) is 0.688. The average Bonchev–Trinajstić information content (AvgIpc) is 2.81. The van der Waals surface area contributed by atoms with Crippen LogP contribution in [0.4, 0.5) is 0 Å². The van der Waals surface area contributed by atoms with Gasteiger partial charge in [-0.3, -0.25) is 0 Å². The molecule has 0 aliphatic heterocycles. The van der Waals surface area contributed by atoms with Crippen molar-refractivity contribution in [1.29, 1.82) is 0 Å². The Bertz CT molecular complexity index is 585. The number of carbonyl (C=O) groups excluding carboxylic acids is 1. The molecule has 1 aromatic carbocycles. The molecule has 0 saturated heterocycles. The van der Waals surface area contributed by atoms with E-state index >= 15 is 0 Å². The summed E-state index contributed by atoms with van der Waals surface area (Å²) < 4.78 is 9.56. The average molecular weight is 247 g/mol. The van der Waals surface area contributed by atoms with Crippen LogP contribution >= 0.6 is 0 Å². The minimum Gasteiger partial charge on any atom is -0.476 e. The number of hydrogen-bond donors (Lipinski definition) is 1. The number of hydrogen-bond acceptors (Lipinski definition) is 5. The molecule has 18 heavy (non-hydrogen) atoms. The Kier molecular flexibility index (Phi) is 3.09. The lowest BCUT2D eigenvalue weighted by Gasteiger charge is -2.01. The van der Waals surface area contributed by atoms with Gasteiger partial charge in [0.15, 0.2) is 5.69 Å². The predicted molar refractivity (Wildman–Crippen MR) is 59.6 cm³/mol. The fourth-order valence-electron chi connectivity index (χ4n) is 1.24. The maximum atomic E-state index is 11.6. The largest absolute Gasteiger partial charge is 0.476 e. The molecule has 0 fully saturated rings. The molecule has 92 valence electrons. The molecule has 0 aliphatic rings. The van der Waals surface area contributed by atoms with E-state index in [2.05, 4.69) is 9.68 Å². The highest BCUT2D eigenvalue weighted by atomic mass is 16.6. The molecule has 0 spiro atoms. The first kappa shape index (κ1) is 11.8. The number of aromatic carboxylic acids is 1. The Labute approximate surface area is 102 Å². The van der Waals surface area contributed by atoms with Gasteiger partial charge in [-0.15, -0.1) is 0 Å². The van der Waals surface area contributed by atoms with Crippen molar-refractivity contribution in [1.82, 2.24) is 5.16 Å². The molecule has 0 amide bonds. The molecule has 6 heteroatoms. The maximum absolute atomic E-state index is 11.6. The highest BCUT2D eigenvalue weighted by molar-refractivity contribution is 5.92. The van der Waals surface area contributed by atoms with Gasteiger partial charge in [0.05, 0.1) is 0 Å². The summed E-state index contributed by atoms with van der Waals surface area (Å²) >= 11 is 0. The van der Waals surface area contributed by atoms with Crippen molar-refractivity contribution in [3.63, 3.8) is 0 Å². The molecule has 1 aromatic heterocycles.